The van der Waals surface area contributed by atoms with Gasteiger partial charge in [0.15, 0.2) is 0 Å². The molecule has 1 amide bonds. The molecule has 0 aliphatic carbocycles. The molecule has 114 valence electrons. The molecule has 0 saturated carbocycles. The summed E-state index contributed by atoms with van der Waals surface area (Å²) in [6, 6.07) is 0. The average molecular weight is 331 g/mol. The van der Waals surface area contributed by atoms with Crippen molar-refractivity contribution in [3.63, 3.8) is 0 Å². The van der Waals surface area contributed by atoms with Gasteiger partial charge < -0.3 is 9.64 Å². The number of pyridine rings is 1. The van der Waals surface area contributed by atoms with E-state index in [1.807, 2.05) is 0 Å². The molecule has 0 spiro atoms. The zero-order valence-corrected chi connectivity index (χ0v) is 13.4. The number of carbonyl (C=O) groups is 2. The SMILES string of the molecule is COC(=O)c1c(CN2CCCCC2=O)nc(Cl)c(Cl)c1C. The zero-order chi connectivity index (χ0) is 15.6. The molecule has 0 bridgehead atoms. The van der Waals surface area contributed by atoms with Gasteiger partial charge in [0.25, 0.3) is 0 Å². The van der Waals surface area contributed by atoms with Crippen molar-refractivity contribution in [3.05, 3.63) is 27.0 Å². The number of methoxy groups -OCH3 is 1. The third-order valence-corrected chi connectivity index (χ3v) is 4.39. The lowest BCUT2D eigenvalue weighted by molar-refractivity contribution is -0.133. The standard InChI is InChI=1S/C14H16Cl2N2O3/c1-8-11(14(20)21-2)9(17-13(16)12(8)15)7-18-6-4-3-5-10(18)19/h3-7H2,1-2H3. The molecule has 0 atom stereocenters. The van der Waals surface area contributed by atoms with Gasteiger partial charge in [-0.15, -0.1) is 0 Å². The van der Waals surface area contributed by atoms with Crippen LogP contribution in [0, 0.1) is 6.92 Å². The van der Waals surface area contributed by atoms with Crippen LogP contribution in [0.1, 0.15) is 40.9 Å². The van der Waals surface area contributed by atoms with Crippen LogP contribution < -0.4 is 0 Å². The second-order valence-corrected chi connectivity index (χ2v) is 5.66. The highest BCUT2D eigenvalue weighted by molar-refractivity contribution is 6.42. The van der Waals surface area contributed by atoms with Crippen molar-refractivity contribution in [1.29, 1.82) is 0 Å². The number of hydrogen-bond donors (Lipinski definition) is 0. The molecule has 0 N–H and O–H groups in total. The summed E-state index contributed by atoms with van der Waals surface area (Å²) >= 11 is 12.0. The normalized spacial score (nSPS) is 15.2. The number of carbonyl (C=O) groups excluding carboxylic acids is 2. The summed E-state index contributed by atoms with van der Waals surface area (Å²) in [6.45, 7) is 2.57. The Hall–Kier alpha value is -1.33. The van der Waals surface area contributed by atoms with Crippen LogP contribution in [0.25, 0.3) is 0 Å². The first-order valence-electron chi connectivity index (χ1n) is 6.66. The third-order valence-electron chi connectivity index (χ3n) is 3.56. The Bertz CT molecular complexity index is 590. The Morgan fingerprint density at radius 1 is 1.38 bits per heavy atom. The topological polar surface area (TPSA) is 59.5 Å². The minimum atomic E-state index is -0.530. The van der Waals surface area contributed by atoms with Crippen molar-refractivity contribution < 1.29 is 14.3 Å². The van der Waals surface area contributed by atoms with E-state index in [1.165, 1.54) is 7.11 Å². The highest BCUT2D eigenvalue weighted by Crippen LogP contribution is 2.29. The van der Waals surface area contributed by atoms with Crippen LogP contribution in [0.5, 0.6) is 0 Å². The molecular formula is C14H16Cl2N2O3. The molecular weight excluding hydrogens is 315 g/mol. The summed E-state index contributed by atoms with van der Waals surface area (Å²) in [4.78, 5) is 29.7. The first-order chi connectivity index (χ1) is 9.95. The minimum absolute atomic E-state index is 0.0580. The van der Waals surface area contributed by atoms with Gasteiger partial charge in [-0.05, 0) is 25.3 Å². The van der Waals surface area contributed by atoms with E-state index in [1.54, 1.807) is 11.8 Å². The number of esters is 1. The van der Waals surface area contributed by atoms with Crippen molar-refractivity contribution in [2.75, 3.05) is 13.7 Å². The average Bonchev–Trinajstić information content (AvgIpc) is 2.47. The molecule has 2 heterocycles. The van der Waals surface area contributed by atoms with E-state index in [4.69, 9.17) is 27.9 Å². The van der Waals surface area contributed by atoms with Gasteiger partial charge in [-0.2, -0.15) is 0 Å². The van der Waals surface area contributed by atoms with Crippen molar-refractivity contribution >= 4 is 35.1 Å². The number of nitrogens with zero attached hydrogens (tertiary/aromatic N) is 2. The van der Waals surface area contributed by atoms with Gasteiger partial charge in [0.05, 0.1) is 29.9 Å². The maximum atomic E-state index is 12.0. The lowest BCUT2D eigenvalue weighted by Gasteiger charge is -2.27. The fourth-order valence-corrected chi connectivity index (χ4v) is 2.78. The van der Waals surface area contributed by atoms with Crippen LogP contribution in [-0.4, -0.2) is 35.4 Å². The van der Waals surface area contributed by atoms with Gasteiger partial charge >= 0.3 is 5.97 Å². The monoisotopic (exact) mass is 330 g/mol. The Kier molecular flexibility index (Phi) is 5.06. The lowest BCUT2D eigenvalue weighted by atomic mass is 10.1. The second kappa shape index (κ2) is 6.62. The Morgan fingerprint density at radius 3 is 2.71 bits per heavy atom. The van der Waals surface area contributed by atoms with Crippen molar-refractivity contribution in [3.8, 4) is 0 Å². The van der Waals surface area contributed by atoms with Crippen LogP contribution in [0.4, 0.5) is 0 Å². The van der Waals surface area contributed by atoms with E-state index >= 15 is 0 Å². The van der Waals surface area contributed by atoms with Gasteiger partial charge in [0.1, 0.15) is 5.15 Å². The van der Waals surface area contributed by atoms with E-state index in [2.05, 4.69) is 4.98 Å². The summed E-state index contributed by atoms with van der Waals surface area (Å²) < 4.78 is 4.78. The van der Waals surface area contributed by atoms with E-state index in [9.17, 15) is 9.59 Å². The Labute approximate surface area is 133 Å². The predicted octanol–water partition coefficient (Wildman–Crippen LogP) is 3.00. The maximum absolute atomic E-state index is 12.0. The molecule has 1 aliphatic rings. The number of ether oxygens (including phenoxy) is 1. The number of amides is 1. The van der Waals surface area contributed by atoms with Crippen molar-refractivity contribution in [1.82, 2.24) is 9.88 Å². The number of aromatic nitrogens is 1. The molecule has 1 aliphatic heterocycles. The minimum Gasteiger partial charge on any atom is -0.465 e. The molecule has 5 nitrogen and oxygen atoms in total. The van der Waals surface area contributed by atoms with Gasteiger partial charge in [0, 0.05) is 13.0 Å². The van der Waals surface area contributed by atoms with Crippen LogP contribution in [-0.2, 0) is 16.1 Å². The fourth-order valence-electron chi connectivity index (χ4n) is 2.40. The first kappa shape index (κ1) is 16.0. The Balaban J connectivity index is 2.41. The fraction of sp³-hybridized carbons (Fsp3) is 0.500. The number of likely N-dealkylation sites (tertiary alicyclic amines) is 1. The van der Waals surface area contributed by atoms with E-state index < -0.39 is 5.97 Å². The Morgan fingerprint density at radius 2 is 2.10 bits per heavy atom. The summed E-state index contributed by atoms with van der Waals surface area (Å²) in [6.07, 6.45) is 2.36. The summed E-state index contributed by atoms with van der Waals surface area (Å²) in [5.74, 6) is -0.472. The lowest BCUT2D eigenvalue weighted by Crippen LogP contribution is -2.35. The molecule has 0 aromatic carbocycles. The smallest absolute Gasteiger partial charge is 0.340 e. The molecule has 7 heteroatoms. The van der Waals surface area contributed by atoms with Gasteiger partial charge in [-0.1, -0.05) is 23.2 Å². The van der Waals surface area contributed by atoms with Gasteiger partial charge in [0.2, 0.25) is 5.91 Å². The van der Waals surface area contributed by atoms with Crippen molar-refractivity contribution in [2.45, 2.75) is 32.7 Å². The van der Waals surface area contributed by atoms with Gasteiger partial charge in [-0.25, -0.2) is 9.78 Å². The van der Waals surface area contributed by atoms with E-state index in [-0.39, 0.29) is 28.2 Å². The predicted molar refractivity (Wildman–Crippen MR) is 79.6 cm³/mol. The van der Waals surface area contributed by atoms with Crippen LogP contribution >= 0.6 is 23.2 Å². The molecule has 0 radical (unpaired) electrons. The van der Waals surface area contributed by atoms with Crippen molar-refractivity contribution in [2.24, 2.45) is 0 Å². The zero-order valence-electron chi connectivity index (χ0n) is 11.9. The number of hydrogen-bond acceptors (Lipinski definition) is 4. The second-order valence-electron chi connectivity index (χ2n) is 4.93. The molecule has 1 fully saturated rings. The number of rotatable bonds is 3. The highest BCUT2D eigenvalue weighted by atomic mass is 35.5. The maximum Gasteiger partial charge on any atom is 0.340 e. The summed E-state index contributed by atoms with van der Waals surface area (Å²) in [7, 11) is 1.29. The molecule has 1 aromatic rings. The van der Waals surface area contributed by atoms with E-state index in [0.717, 1.165) is 12.8 Å². The molecule has 21 heavy (non-hydrogen) atoms. The van der Waals surface area contributed by atoms with Crippen LogP contribution in [0.15, 0.2) is 0 Å². The number of halogens is 2. The molecule has 2 rings (SSSR count). The molecule has 1 aromatic heterocycles. The first-order valence-corrected chi connectivity index (χ1v) is 7.41. The summed E-state index contributed by atoms with van der Waals surface area (Å²) in [5.41, 5.74) is 1.22. The third kappa shape index (κ3) is 3.30. The van der Waals surface area contributed by atoms with Crippen LogP contribution in [0.2, 0.25) is 10.2 Å². The largest absolute Gasteiger partial charge is 0.465 e. The molecule has 0 unspecified atom stereocenters. The van der Waals surface area contributed by atoms with Crippen LogP contribution in [0.3, 0.4) is 0 Å². The highest BCUT2D eigenvalue weighted by Gasteiger charge is 2.25. The quantitative estimate of drug-likeness (QED) is 0.631. The summed E-state index contributed by atoms with van der Waals surface area (Å²) in [5, 5.41) is 0.354. The van der Waals surface area contributed by atoms with Gasteiger partial charge in [-0.3, -0.25) is 4.79 Å². The van der Waals surface area contributed by atoms with E-state index in [0.29, 0.717) is 24.2 Å². The molecule has 1 saturated heterocycles. The number of piperidine rings is 1.